The Kier molecular flexibility index (Phi) is 4.86. The van der Waals surface area contributed by atoms with Gasteiger partial charge in [-0.2, -0.15) is 13.2 Å². The number of aromatic nitrogens is 2. The summed E-state index contributed by atoms with van der Waals surface area (Å²) in [6.07, 6.45) is -4.87. The van der Waals surface area contributed by atoms with Crippen LogP contribution in [-0.4, -0.2) is 40.7 Å². The molecular formula is C15H17BrF3N5O2. The molecule has 1 N–H and O–H groups in total. The van der Waals surface area contributed by atoms with Crippen LogP contribution in [0.15, 0.2) is 10.5 Å². The molecule has 142 valence electrons. The smallest absolute Gasteiger partial charge is 0.340 e. The van der Waals surface area contributed by atoms with Gasteiger partial charge in [-0.1, -0.05) is 0 Å². The van der Waals surface area contributed by atoms with E-state index < -0.39 is 22.4 Å². The van der Waals surface area contributed by atoms with E-state index in [1.54, 1.807) is 4.57 Å². The van der Waals surface area contributed by atoms with E-state index in [1.165, 1.54) is 6.07 Å². The molecule has 1 aromatic heterocycles. The molecule has 1 fully saturated rings. The van der Waals surface area contributed by atoms with Gasteiger partial charge in [-0.3, -0.25) is 10.1 Å². The highest BCUT2D eigenvalue weighted by molar-refractivity contribution is 9.10. The molecule has 26 heavy (non-hydrogen) atoms. The van der Waals surface area contributed by atoms with Gasteiger partial charge in [0.15, 0.2) is 5.52 Å². The lowest BCUT2D eigenvalue weighted by atomic mass is 10.1. The molecule has 2 aromatic rings. The molecule has 2 heterocycles. The standard InChI is InChI=1S/C15H17BrF3N5O2/c1-8(2)23-10-7-9(16)11(15(17,18)19)13(24(25)26)12(10)21-14(23)22-5-3-20-4-6-22/h7-8,20H,3-6H2,1-2H3. The molecular weight excluding hydrogens is 419 g/mol. The summed E-state index contributed by atoms with van der Waals surface area (Å²) in [6, 6.07) is 1.14. The molecule has 0 aliphatic carbocycles. The normalized spacial score (nSPS) is 15.9. The van der Waals surface area contributed by atoms with E-state index >= 15 is 0 Å². The van der Waals surface area contributed by atoms with E-state index in [0.29, 0.717) is 37.6 Å². The highest BCUT2D eigenvalue weighted by Gasteiger charge is 2.43. The number of piperazine rings is 1. The first-order valence-corrected chi connectivity index (χ1v) is 8.84. The number of nitro groups is 1. The third kappa shape index (κ3) is 3.13. The molecule has 11 heteroatoms. The molecule has 0 atom stereocenters. The monoisotopic (exact) mass is 435 g/mol. The van der Waals surface area contributed by atoms with Crippen LogP contribution in [0.3, 0.4) is 0 Å². The molecule has 1 saturated heterocycles. The third-order valence-electron chi connectivity index (χ3n) is 4.28. The zero-order valence-corrected chi connectivity index (χ0v) is 15.7. The molecule has 0 bridgehead atoms. The second-order valence-electron chi connectivity index (χ2n) is 6.32. The Balaban J connectivity index is 2.37. The van der Waals surface area contributed by atoms with E-state index in [0.717, 1.165) is 0 Å². The summed E-state index contributed by atoms with van der Waals surface area (Å²) in [5.74, 6) is 0.450. The first-order chi connectivity index (χ1) is 12.1. The van der Waals surface area contributed by atoms with Crippen molar-refractivity contribution in [2.75, 3.05) is 31.1 Å². The maximum Gasteiger partial charge on any atom is 0.424 e. The van der Waals surface area contributed by atoms with Crippen LogP contribution in [0.5, 0.6) is 0 Å². The predicted molar refractivity (Wildman–Crippen MR) is 94.6 cm³/mol. The quantitative estimate of drug-likeness (QED) is 0.587. The fourth-order valence-corrected chi connectivity index (χ4v) is 3.84. The molecule has 3 rings (SSSR count). The Morgan fingerprint density at radius 3 is 2.46 bits per heavy atom. The summed E-state index contributed by atoms with van der Waals surface area (Å²) in [7, 11) is 0. The topological polar surface area (TPSA) is 76.2 Å². The minimum Gasteiger partial charge on any atom is -0.340 e. The molecule has 0 amide bonds. The number of imidazole rings is 1. The molecule has 1 aliphatic rings. The number of hydrogen-bond donors (Lipinski definition) is 1. The molecule has 0 spiro atoms. The zero-order chi connectivity index (χ0) is 19.2. The van der Waals surface area contributed by atoms with E-state index in [2.05, 4.69) is 26.2 Å². The maximum atomic E-state index is 13.4. The van der Waals surface area contributed by atoms with Crippen LogP contribution in [0, 0.1) is 10.1 Å². The van der Waals surface area contributed by atoms with Crippen molar-refractivity contribution in [1.82, 2.24) is 14.9 Å². The predicted octanol–water partition coefficient (Wildman–Crippen LogP) is 3.72. The van der Waals surface area contributed by atoms with Gasteiger partial charge in [-0.15, -0.1) is 0 Å². The fourth-order valence-electron chi connectivity index (χ4n) is 3.21. The van der Waals surface area contributed by atoms with E-state index in [-0.39, 0.29) is 16.0 Å². The largest absolute Gasteiger partial charge is 0.424 e. The first kappa shape index (κ1) is 18.9. The lowest BCUT2D eigenvalue weighted by molar-refractivity contribution is -0.386. The van der Waals surface area contributed by atoms with Crippen molar-refractivity contribution in [3.63, 3.8) is 0 Å². The van der Waals surface area contributed by atoms with Gasteiger partial charge in [0.1, 0.15) is 5.56 Å². The van der Waals surface area contributed by atoms with Crippen LogP contribution >= 0.6 is 15.9 Å². The minimum absolute atomic E-state index is 0.131. The van der Waals surface area contributed by atoms with Gasteiger partial charge in [-0.25, -0.2) is 4.98 Å². The first-order valence-electron chi connectivity index (χ1n) is 8.04. The Morgan fingerprint density at radius 2 is 1.96 bits per heavy atom. The van der Waals surface area contributed by atoms with Crippen molar-refractivity contribution in [1.29, 1.82) is 0 Å². The number of rotatable bonds is 3. The number of alkyl halides is 3. The summed E-state index contributed by atoms with van der Waals surface area (Å²) in [5.41, 5.74) is -2.26. The lowest BCUT2D eigenvalue weighted by Gasteiger charge is -2.29. The molecule has 0 saturated carbocycles. The van der Waals surface area contributed by atoms with Crippen LogP contribution in [0.1, 0.15) is 25.5 Å². The van der Waals surface area contributed by atoms with Gasteiger partial charge < -0.3 is 14.8 Å². The van der Waals surface area contributed by atoms with Crippen molar-refractivity contribution in [2.24, 2.45) is 0 Å². The number of nitrogens with one attached hydrogen (secondary N) is 1. The Morgan fingerprint density at radius 1 is 1.35 bits per heavy atom. The summed E-state index contributed by atoms with van der Waals surface area (Å²) in [6.45, 7) is 6.39. The fraction of sp³-hybridized carbons (Fsp3) is 0.533. The van der Waals surface area contributed by atoms with E-state index in [1.807, 2.05) is 18.7 Å². The van der Waals surface area contributed by atoms with Crippen molar-refractivity contribution in [3.05, 3.63) is 26.2 Å². The Labute approximate surface area is 155 Å². The maximum absolute atomic E-state index is 13.4. The van der Waals surface area contributed by atoms with Crippen LogP contribution in [-0.2, 0) is 6.18 Å². The SMILES string of the molecule is CC(C)n1c(N2CCNCC2)nc2c([N+](=O)[O-])c(C(F)(F)F)c(Br)cc21. The van der Waals surface area contributed by atoms with Crippen LogP contribution in [0.2, 0.25) is 0 Å². The van der Waals surface area contributed by atoms with Gasteiger partial charge in [-0.05, 0) is 35.8 Å². The molecule has 0 unspecified atom stereocenters. The van der Waals surface area contributed by atoms with Gasteiger partial charge >= 0.3 is 11.9 Å². The average molecular weight is 436 g/mol. The lowest BCUT2D eigenvalue weighted by Crippen LogP contribution is -2.44. The van der Waals surface area contributed by atoms with E-state index in [4.69, 9.17) is 0 Å². The van der Waals surface area contributed by atoms with Gasteiger partial charge in [0.25, 0.3) is 0 Å². The Bertz CT molecular complexity index is 859. The molecule has 7 nitrogen and oxygen atoms in total. The number of halogens is 4. The van der Waals surface area contributed by atoms with Crippen molar-refractivity contribution in [2.45, 2.75) is 26.1 Å². The zero-order valence-electron chi connectivity index (χ0n) is 14.1. The van der Waals surface area contributed by atoms with Crippen molar-refractivity contribution in [3.8, 4) is 0 Å². The van der Waals surface area contributed by atoms with Crippen LogP contribution in [0.25, 0.3) is 11.0 Å². The van der Waals surface area contributed by atoms with E-state index in [9.17, 15) is 23.3 Å². The van der Waals surface area contributed by atoms with Crippen molar-refractivity contribution < 1.29 is 18.1 Å². The van der Waals surface area contributed by atoms with Crippen LogP contribution in [0.4, 0.5) is 24.8 Å². The number of nitro benzene ring substituents is 1. The summed E-state index contributed by atoms with van der Waals surface area (Å²) >= 11 is 2.87. The van der Waals surface area contributed by atoms with Crippen LogP contribution < -0.4 is 10.2 Å². The van der Waals surface area contributed by atoms with Gasteiger partial charge in [0.2, 0.25) is 5.95 Å². The average Bonchev–Trinajstić information content (AvgIpc) is 2.92. The molecule has 0 radical (unpaired) electrons. The minimum atomic E-state index is -4.87. The summed E-state index contributed by atoms with van der Waals surface area (Å²) in [4.78, 5) is 16.7. The molecule has 1 aliphatic heterocycles. The number of benzene rings is 1. The number of fused-ring (bicyclic) bond motifs is 1. The molecule has 1 aromatic carbocycles. The van der Waals surface area contributed by atoms with Gasteiger partial charge in [0.05, 0.1) is 10.4 Å². The van der Waals surface area contributed by atoms with Crippen molar-refractivity contribution >= 4 is 38.6 Å². The number of hydrogen-bond acceptors (Lipinski definition) is 5. The number of nitrogens with zero attached hydrogens (tertiary/aromatic N) is 4. The second-order valence-corrected chi connectivity index (χ2v) is 7.17. The number of anilines is 1. The highest BCUT2D eigenvalue weighted by atomic mass is 79.9. The summed E-state index contributed by atoms with van der Waals surface area (Å²) < 4.78 is 41.7. The second kappa shape index (κ2) is 6.69. The third-order valence-corrected chi connectivity index (χ3v) is 4.90. The van der Waals surface area contributed by atoms with Gasteiger partial charge in [0, 0.05) is 36.7 Å². The highest BCUT2D eigenvalue weighted by Crippen LogP contribution is 2.46. The summed E-state index contributed by atoms with van der Waals surface area (Å²) in [5, 5.41) is 14.7. The Hall–Kier alpha value is -1.88.